The number of amides is 1. The van der Waals surface area contributed by atoms with Crippen LogP contribution in [0.25, 0.3) is 0 Å². The number of halogens is 1. The molecule has 0 aliphatic heterocycles. The average Bonchev–Trinajstić information content (AvgIpc) is 3.58. The van der Waals surface area contributed by atoms with Gasteiger partial charge in [0.2, 0.25) is 5.91 Å². The SMILES string of the molecule is O=C(Cn1c(=O)ccn(Cc2ccccc2)c1=O)NC(c1ccc(Cl)cc1)C1CC1. The Hall–Kier alpha value is -3.12. The molecule has 1 N–H and O–H groups in total. The molecule has 2 aromatic carbocycles. The van der Waals surface area contributed by atoms with Crippen LogP contribution in [0.4, 0.5) is 0 Å². The Morgan fingerprint density at radius 3 is 2.40 bits per heavy atom. The summed E-state index contributed by atoms with van der Waals surface area (Å²) in [7, 11) is 0. The van der Waals surface area contributed by atoms with E-state index in [1.807, 2.05) is 42.5 Å². The highest BCUT2D eigenvalue weighted by Gasteiger charge is 2.33. The summed E-state index contributed by atoms with van der Waals surface area (Å²) in [5.41, 5.74) is 0.910. The molecule has 7 heteroatoms. The first kappa shape index (κ1) is 20.2. The van der Waals surface area contributed by atoms with Crippen molar-refractivity contribution in [3.8, 4) is 0 Å². The first-order chi connectivity index (χ1) is 14.5. The molecule has 6 nitrogen and oxygen atoms in total. The fraction of sp³-hybridized carbons (Fsp3) is 0.261. The monoisotopic (exact) mass is 423 g/mol. The summed E-state index contributed by atoms with van der Waals surface area (Å²) in [4.78, 5) is 37.8. The lowest BCUT2D eigenvalue weighted by Crippen LogP contribution is -2.44. The Morgan fingerprint density at radius 1 is 1.03 bits per heavy atom. The molecule has 1 heterocycles. The second kappa shape index (κ2) is 8.71. The van der Waals surface area contributed by atoms with Gasteiger partial charge < -0.3 is 5.32 Å². The maximum Gasteiger partial charge on any atom is 0.331 e. The van der Waals surface area contributed by atoms with E-state index in [4.69, 9.17) is 11.6 Å². The molecule has 0 spiro atoms. The predicted molar refractivity (Wildman–Crippen MR) is 116 cm³/mol. The van der Waals surface area contributed by atoms with Crippen LogP contribution in [0.1, 0.15) is 30.0 Å². The van der Waals surface area contributed by atoms with Crippen LogP contribution in [0.3, 0.4) is 0 Å². The highest BCUT2D eigenvalue weighted by Crippen LogP contribution is 2.41. The number of nitrogens with one attached hydrogen (secondary N) is 1. The van der Waals surface area contributed by atoms with Crippen molar-refractivity contribution < 1.29 is 4.79 Å². The van der Waals surface area contributed by atoms with Crippen molar-refractivity contribution in [2.45, 2.75) is 32.0 Å². The van der Waals surface area contributed by atoms with Crippen LogP contribution in [0.2, 0.25) is 5.02 Å². The lowest BCUT2D eigenvalue weighted by atomic mass is 10.0. The number of aromatic nitrogens is 2. The van der Waals surface area contributed by atoms with Gasteiger partial charge in [0.1, 0.15) is 6.54 Å². The molecule has 1 aliphatic carbocycles. The lowest BCUT2D eigenvalue weighted by Gasteiger charge is -2.19. The first-order valence-electron chi connectivity index (χ1n) is 9.90. The van der Waals surface area contributed by atoms with Gasteiger partial charge in [0.15, 0.2) is 0 Å². The third-order valence-electron chi connectivity index (χ3n) is 5.28. The number of nitrogens with zero attached hydrogens (tertiary/aromatic N) is 2. The first-order valence-corrected chi connectivity index (χ1v) is 10.3. The summed E-state index contributed by atoms with van der Waals surface area (Å²) in [5, 5.41) is 3.63. The van der Waals surface area contributed by atoms with E-state index in [1.165, 1.54) is 16.8 Å². The van der Waals surface area contributed by atoms with Gasteiger partial charge in [0, 0.05) is 17.3 Å². The van der Waals surface area contributed by atoms with E-state index in [-0.39, 0.29) is 18.5 Å². The summed E-state index contributed by atoms with van der Waals surface area (Å²) in [5.74, 6) is -0.00382. The van der Waals surface area contributed by atoms with E-state index in [2.05, 4.69) is 5.32 Å². The van der Waals surface area contributed by atoms with E-state index < -0.39 is 11.2 Å². The molecule has 0 saturated heterocycles. The van der Waals surface area contributed by atoms with E-state index >= 15 is 0 Å². The number of carbonyl (C=O) groups excluding carboxylic acids is 1. The molecule has 154 valence electrons. The zero-order chi connectivity index (χ0) is 21.1. The number of rotatable bonds is 7. The van der Waals surface area contributed by atoms with Gasteiger partial charge in [0.25, 0.3) is 5.56 Å². The van der Waals surface area contributed by atoms with Gasteiger partial charge in [-0.25, -0.2) is 4.79 Å². The zero-order valence-corrected chi connectivity index (χ0v) is 17.1. The topological polar surface area (TPSA) is 73.1 Å². The molecular weight excluding hydrogens is 402 g/mol. The maximum absolute atomic E-state index is 12.8. The minimum atomic E-state index is -0.504. The molecule has 0 bridgehead atoms. The molecule has 30 heavy (non-hydrogen) atoms. The number of carbonyl (C=O) groups is 1. The Kier molecular flexibility index (Phi) is 5.86. The molecule has 1 saturated carbocycles. The van der Waals surface area contributed by atoms with Crippen LogP contribution < -0.4 is 16.6 Å². The Bertz CT molecular complexity index is 1150. The van der Waals surface area contributed by atoms with Gasteiger partial charge in [-0.15, -0.1) is 0 Å². The van der Waals surface area contributed by atoms with Crippen molar-refractivity contribution in [3.63, 3.8) is 0 Å². The summed E-state index contributed by atoms with van der Waals surface area (Å²) >= 11 is 5.97. The molecule has 1 fully saturated rings. The summed E-state index contributed by atoms with van der Waals surface area (Å²) < 4.78 is 2.41. The quantitative estimate of drug-likeness (QED) is 0.635. The minimum Gasteiger partial charge on any atom is -0.347 e. The number of hydrogen-bond acceptors (Lipinski definition) is 3. The highest BCUT2D eigenvalue weighted by atomic mass is 35.5. The molecule has 1 atom stereocenters. The molecule has 4 rings (SSSR count). The highest BCUT2D eigenvalue weighted by molar-refractivity contribution is 6.30. The molecular formula is C23H22ClN3O3. The summed E-state index contributed by atoms with van der Waals surface area (Å²) in [6.07, 6.45) is 3.53. The van der Waals surface area contributed by atoms with Crippen molar-refractivity contribution in [1.29, 1.82) is 0 Å². The second-order valence-electron chi connectivity index (χ2n) is 7.57. The minimum absolute atomic E-state index is 0.152. The lowest BCUT2D eigenvalue weighted by molar-refractivity contribution is -0.122. The van der Waals surface area contributed by atoms with Crippen LogP contribution in [0, 0.1) is 5.92 Å². The zero-order valence-electron chi connectivity index (χ0n) is 16.3. The third-order valence-corrected chi connectivity index (χ3v) is 5.53. The molecule has 0 radical (unpaired) electrons. The van der Waals surface area contributed by atoms with Crippen molar-refractivity contribution in [1.82, 2.24) is 14.5 Å². The van der Waals surface area contributed by atoms with Crippen molar-refractivity contribution >= 4 is 17.5 Å². The van der Waals surface area contributed by atoms with Crippen molar-refractivity contribution in [2.75, 3.05) is 0 Å². The van der Waals surface area contributed by atoms with Gasteiger partial charge in [-0.1, -0.05) is 54.1 Å². The van der Waals surface area contributed by atoms with Crippen LogP contribution in [-0.4, -0.2) is 15.0 Å². The van der Waals surface area contributed by atoms with Gasteiger partial charge in [0.05, 0.1) is 12.6 Å². The average molecular weight is 424 g/mol. The van der Waals surface area contributed by atoms with Gasteiger partial charge in [-0.3, -0.25) is 18.7 Å². The van der Waals surface area contributed by atoms with Crippen molar-refractivity contribution in [2.24, 2.45) is 5.92 Å². The predicted octanol–water partition coefficient (Wildman–Crippen LogP) is 2.98. The van der Waals surface area contributed by atoms with Crippen LogP contribution >= 0.6 is 11.6 Å². The third kappa shape index (κ3) is 4.71. The van der Waals surface area contributed by atoms with E-state index in [0.29, 0.717) is 17.5 Å². The standard InChI is InChI=1S/C23H22ClN3O3/c24-19-10-8-18(9-11-19)22(17-6-7-17)25-20(28)15-27-21(29)12-13-26(23(27)30)14-16-4-2-1-3-5-16/h1-5,8-13,17,22H,6-7,14-15H2,(H,25,28). The maximum atomic E-state index is 12.8. The molecule has 1 unspecified atom stereocenters. The van der Waals surface area contributed by atoms with E-state index in [1.54, 1.807) is 12.1 Å². The van der Waals surface area contributed by atoms with Gasteiger partial charge in [-0.05, 0) is 42.0 Å². The fourth-order valence-electron chi connectivity index (χ4n) is 3.54. The fourth-order valence-corrected chi connectivity index (χ4v) is 3.66. The van der Waals surface area contributed by atoms with E-state index in [9.17, 15) is 14.4 Å². The van der Waals surface area contributed by atoms with E-state index in [0.717, 1.165) is 28.5 Å². The summed E-state index contributed by atoms with van der Waals surface area (Å²) in [6.45, 7) is 0.0150. The summed E-state index contributed by atoms with van der Waals surface area (Å²) in [6, 6.07) is 18.0. The molecule has 1 aliphatic rings. The normalized spacial score (nSPS) is 14.3. The second-order valence-corrected chi connectivity index (χ2v) is 8.01. The van der Waals surface area contributed by atoms with Crippen LogP contribution in [-0.2, 0) is 17.9 Å². The van der Waals surface area contributed by atoms with Gasteiger partial charge >= 0.3 is 5.69 Å². The smallest absolute Gasteiger partial charge is 0.331 e. The van der Waals surface area contributed by atoms with Crippen LogP contribution in [0.5, 0.6) is 0 Å². The molecule has 1 aromatic heterocycles. The van der Waals surface area contributed by atoms with Crippen LogP contribution in [0.15, 0.2) is 76.4 Å². The van der Waals surface area contributed by atoms with Gasteiger partial charge in [-0.2, -0.15) is 0 Å². The Morgan fingerprint density at radius 2 is 1.73 bits per heavy atom. The van der Waals surface area contributed by atoms with Crippen molar-refractivity contribution in [3.05, 3.63) is 104 Å². The molecule has 1 amide bonds. The number of hydrogen-bond donors (Lipinski definition) is 1. The Labute approximate surface area is 178 Å². The number of benzene rings is 2. The molecule has 3 aromatic rings. The Balaban J connectivity index is 1.52. The largest absolute Gasteiger partial charge is 0.347 e.